The van der Waals surface area contributed by atoms with Gasteiger partial charge in [0.05, 0.1) is 6.04 Å². The Hall–Kier alpha value is -2.04. The molecule has 0 unspecified atom stereocenters. The van der Waals surface area contributed by atoms with Crippen LogP contribution in [0.2, 0.25) is 0 Å². The lowest BCUT2D eigenvalue weighted by molar-refractivity contribution is 0.0977. The molecule has 3 rings (SSSR count). The van der Waals surface area contributed by atoms with Gasteiger partial charge in [-0.05, 0) is 5.56 Å². The number of hydrogen-bond donors (Lipinski definition) is 0. The molecule has 0 saturated carbocycles. The first-order valence-electron chi connectivity index (χ1n) is 6.39. The molecule has 0 fully saturated rings. The van der Waals surface area contributed by atoms with E-state index in [0.717, 1.165) is 5.56 Å². The van der Waals surface area contributed by atoms with Crippen LogP contribution in [0.3, 0.4) is 0 Å². The van der Waals surface area contributed by atoms with Crippen molar-refractivity contribution >= 4 is 5.78 Å². The summed E-state index contributed by atoms with van der Waals surface area (Å²) in [7, 11) is 0. The molecule has 1 aliphatic heterocycles. The number of rotatable bonds is 3. The van der Waals surface area contributed by atoms with Gasteiger partial charge in [-0.2, -0.15) is 0 Å². The molecule has 1 aliphatic rings. The number of Topliss-reactive ketones (excluding diaryl/α,β-unsaturated/α-hetero) is 1. The second-order valence-electron chi connectivity index (χ2n) is 4.64. The zero-order valence-corrected chi connectivity index (χ0v) is 10.6. The highest BCUT2D eigenvalue weighted by atomic mass is 19.1. The standard InChI is InChI=1S/C14H14FN3O/c1-2-12(19)13-16-14-10(15)8-11(18(14)17-13)9-6-4-3-5-7-9/h3-7,10-11H,2,8H2,1H3/t10-,11-/m0/s1. The molecular formula is C14H14FN3O. The lowest BCUT2D eigenvalue weighted by Crippen LogP contribution is -2.09. The molecule has 98 valence electrons. The molecule has 0 N–H and O–H groups in total. The number of hydrogen-bond acceptors (Lipinski definition) is 3. The van der Waals surface area contributed by atoms with Crippen LogP contribution in [0.5, 0.6) is 0 Å². The number of carbonyl (C=O) groups excluding carboxylic acids is 1. The van der Waals surface area contributed by atoms with Crippen LogP contribution < -0.4 is 0 Å². The van der Waals surface area contributed by atoms with Gasteiger partial charge in [0.15, 0.2) is 12.0 Å². The summed E-state index contributed by atoms with van der Waals surface area (Å²) in [6.45, 7) is 1.75. The van der Waals surface area contributed by atoms with Crippen molar-refractivity contribution in [3.05, 3.63) is 47.5 Å². The fourth-order valence-electron chi connectivity index (χ4n) is 2.41. The average Bonchev–Trinajstić information content (AvgIpc) is 3.00. The fourth-order valence-corrected chi connectivity index (χ4v) is 2.41. The molecule has 2 heterocycles. The summed E-state index contributed by atoms with van der Waals surface area (Å²) in [6.07, 6.45) is -0.493. The van der Waals surface area contributed by atoms with E-state index in [1.807, 2.05) is 30.3 Å². The molecule has 0 spiro atoms. The van der Waals surface area contributed by atoms with Crippen molar-refractivity contribution in [2.45, 2.75) is 32.0 Å². The van der Waals surface area contributed by atoms with Gasteiger partial charge in [-0.3, -0.25) is 4.79 Å². The maximum atomic E-state index is 14.0. The number of nitrogens with zero attached hydrogens (tertiary/aromatic N) is 3. The molecule has 19 heavy (non-hydrogen) atoms. The predicted octanol–water partition coefficient (Wildman–Crippen LogP) is 2.87. The first kappa shape index (κ1) is 12.0. The maximum absolute atomic E-state index is 14.0. The van der Waals surface area contributed by atoms with E-state index in [0.29, 0.717) is 12.8 Å². The van der Waals surface area contributed by atoms with Crippen LogP contribution in [0.4, 0.5) is 4.39 Å². The third-order valence-electron chi connectivity index (χ3n) is 3.42. The Morgan fingerprint density at radius 3 is 2.84 bits per heavy atom. The Bertz CT molecular complexity index is 608. The summed E-state index contributed by atoms with van der Waals surface area (Å²) >= 11 is 0. The van der Waals surface area contributed by atoms with Gasteiger partial charge in [-0.25, -0.2) is 14.1 Å². The number of ketones is 1. The van der Waals surface area contributed by atoms with Gasteiger partial charge >= 0.3 is 0 Å². The van der Waals surface area contributed by atoms with Crippen molar-refractivity contribution < 1.29 is 9.18 Å². The third kappa shape index (κ3) is 1.95. The van der Waals surface area contributed by atoms with Crippen molar-refractivity contribution in [3.63, 3.8) is 0 Å². The van der Waals surface area contributed by atoms with E-state index in [2.05, 4.69) is 10.1 Å². The van der Waals surface area contributed by atoms with Crippen molar-refractivity contribution in [1.29, 1.82) is 0 Å². The Morgan fingerprint density at radius 2 is 2.16 bits per heavy atom. The van der Waals surface area contributed by atoms with Gasteiger partial charge in [0, 0.05) is 12.8 Å². The highest BCUT2D eigenvalue weighted by molar-refractivity contribution is 5.92. The zero-order valence-electron chi connectivity index (χ0n) is 10.6. The number of benzene rings is 1. The molecule has 1 aromatic carbocycles. The van der Waals surface area contributed by atoms with Crippen LogP contribution in [0, 0.1) is 0 Å². The number of halogens is 1. The first-order chi connectivity index (χ1) is 9.20. The maximum Gasteiger partial charge on any atom is 0.217 e. The molecule has 0 radical (unpaired) electrons. The third-order valence-corrected chi connectivity index (χ3v) is 3.42. The SMILES string of the molecule is CCC(=O)c1nc2n(n1)[C@H](c1ccccc1)C[C@@H]2F. The summed E-state index contributed by atoms with van der Waals surface area (Å²) in [5, 5.41) is 4.19. The van der Waals surface area contributed by atoms with E-state index in [1.54, 1.807) is 11.6 Å². The van der Waals surface area contributed by atoms with E-state index in [-0.39, 0.29) is 23.5 Å². The smallest absolute Gasteiger partial charge is 0.217 e. The minimum atomic E-state index is -1.16. The number of alkyl halides is 1. The number of fused-ring (bicyclic) bond motifs is 1. The molecule has 2 aromatic rings. The summed E-state index contributed by atoms with van der Waals surface area (Å²) in [5.74, 6) is 0.243. The first-order valence-corrected chi connectivity index (χ1v) is 6.39. The van der Waals surface area contributed by atoms with E-state index < -0.39 is 6.17 Å². The van der Waals surface area contributed by atoms with Crippen molar-refractivity contribution in [1.82, 2.24) is 14.8 Å². The topological polar surface area (TPSA) is 47.8 Å². The van der Waals surface area contributed by atoms with E-state index in [4.69, 9.17) is 0 Å². The molecule has 4 nitrogen and oxygen atoms in total. The van der Waals surface area contributed by atoms with Gasteiger partial charge in [0.2, 0.25) is 11.6 Å². The minimum Gasteiger partial charge on any atom is -0.291 e. The average molecular weight is 259 g/mol. The normalized spacial score (nSPS) is 21.4. The van der Waals surface area contributed by atoms with Gasteiger partial charge in [-0.15, -0.1) is 5.10 Å². The molecule has 0 aliphatic carbocycles. The van der Waals surface area contributed by atoms with E-state index in [9.17, 15) is 9.18 Å². The van der Waals surface area contributed by atoms with Crippen molar-refractivity contribution in [3.8, 4) is 0 Å². The van der Waals surface area contributed by atoms with Crippen molar-refractivity contribution in [2.75, 3.05) is 0 Å². The van der Waals surface area contributed by atoms with Crippen LogP contribution >= 0.6 is 0 Å². The molecule has 0 saturated heterocycles. The lowest BCUT2D eigenvalue weighted by atomic mass is 10.0. The summed E-state index contributed by atoms with van der Waals surface area (Å²) in [5.41, 5.74) is 0.990. The Morgan fingerprint density at radius 1 is 1.42 bits per heavy atom. The van der Waals surface area contributed by atoms with Gasteiger partial charge in [0.1, 0.15) is 0 Å². The second-order valence-corrected chi connectivity index (χ2v) is 4.64. The van der Waals surface area contributed by atoms with Crippen LogP contribution in [0.25, 0.3) is 0 Å². The van der Waals surface area contributed by atoms with Crippen molar-refractivity contribution in [2.24, 2.45) is 0 Å². The van der Waals surface area contributed by atoms with Crippen LogP contribution in [-0.2, 0) is 0 Å². The van der Waals surface area contributed by atoms with Gasteiger partial charge in [0.25, 0.3) is 0 Å². The zero-order chi connectivity index (χ0) is 13.4. The summed E-state index contributed by atoms with van der Waals surface area (Å²) < 4.78 is 15.6. The largest absolute Gasteiger partial charge is 0.291 e. The summed E-state index contributed by atoms with van der Waals surface area (Å²) in [6, 6.07) is 9.45. The highest BCUT2D eigenvalue weighted by Gasteiger charge is 2.35. The molecule has 1 aromatic heterocycles. The quantitative estimate of drug-likeness (QED) is 0.796. The Kier molecular flexibility index (Phi) is 2.89. The molecule has 0 bridgehead atoms. The Labute approximate surface area is 110 Å². The second kappa shape index (κ2) is 4.57. The van der Waals surface area contributed by atoms with Crippen LogP contribution in [0.1, 0.15) is 54.0 Å². The van der Waals surface area contributed by atoms with Gasteiger partial charge < -0.3 is 0 Å². The lowest BCUT2D eigenvalue weighted by Gasteiger charge is -2.11. The predicted molar refractivity (Wildman–Crippen MR) is 67.7 cm³/mol. The van der Waals surface area contributed by atoms with Crippen LogP contribution in [0.15, 0.2) is 30.3 Å². The summed E-state index contributed by atoms with van der Waals surface area (Å²) in [4.78, 5) is 15.7. The van der Waals surface area contributed by atoms with Crippen LogP contribution in [-0.4, -0.2) is 20.5 Å². The monoisotopic (exact) mass is 259 g/mol. The molecule has 0 amide bonds. The Balaban J connectivity index is 2.02. The van der Waals surface area contributed by atoms with E-state index >= 15 is 0 Å². The highest BCUT2D eigenvalue weighted by Crippen LogP contribution is 2.39. The number of aromatic nitrogens is 3. The molecule has 2 atom stereocenters. The van der Waals surface area contributed by atoms with E-state index in [1.165, 1.54) is 0 Å². The van der Waals surface area contributed by atoms with Gasteiger partial charge in [-0.1, -0.05) is 37.3 Å². The molecule has 5 heteroatoms. The minimum absolute atomic E-state index is 0.126. The fraction of sp³-hybridized carbons (Fsp3) is 0.357. The number of carbonyl (C=O) groups is 1. The molecular weight excluding hydrogens is 245 g/mol.